The van der Waals surface area contributed by atoms with Crippen LogP contribution in [-0.2, 0) is 0 Å². The third-order valence-corrected chi connectivity index (χ3v) is 7.12. The summed E-state index contributed by atoms with van der Waals surface area (Å²) in [4.78, 5) is 5.40. The van der Waals surface area contributed by atoms with Crippen LogP contribution in [0.15, 0.2) is 103 Å². The molecule has 0 saturated carbocycles. The molecule has 0 atom stereocenters. The highest BCUT2D eigenvalue weighted by molar-refractivity contribution is 6.40. The molecule has 0 fully saturated rings. The van der Waals surface area contributed by atoms with E-state index in [2.05, 4.69) is 103 Å². The van der Waals surface area contributed by atoms with Crippen molar-refractivity contribution in [3.8, 4) is 11.1 Å². The number of fused-ring (bicyclic) bond motifs is 6. The van der Waals surface area contributed by atoms with E-state index in [1.165, 1.54) is 65.0 Å². The van der Waals surface area contributed by atoms with Crippen LogP contribution in [0.3, 0.4) is 0 Å². The lowest BCUT2D eigenvalue weighted by Gasteiger charge is -2.09. The van der Waals surface area contributed by atoms with Crippen LogP contribution in [0, 0.1) is 0 Å². The standard InChI is InChI=1S/C31H17N/c1-2-8-20(9-3-1)27-28-21-14-4-10-18-12-6-16-23(25(18)21)30(28)32-31-24-17-7-13-19-11-5-15-22(26(19)24)29(27)31/h1-17H. The molecule has 8 rings (SSSR count). The SMILES string of the molecule is c1ccc(-c2c3c4cccc5cccc(c3nc3c6cccc7cccc(c23)c76)c54)cc1. The molecule has 32 heavy (non-hydrogen) atoms. The Morgan fingerprint density at radius 2 is 0.844 bits per heavy atom. The molecule has 1 aromatic heterocycles. The van der Waals surface area contributed by atoms with E-state index in [0.29, 0.717) is 0 Å². The second-order valence-electron chi connectivity index (χ2n) is 8.72. The molecule has 0 saturated heterocycles. The van der Waals surface area contributed by atoms with Crippen LogP contribution < -0.4 is 0 Å². The summed E-state index contributed by atoms with van der Waals surface area (Å²) in [6.45, 7) is 0. The maximum atomic E-state index is 5.40. The van der Waals surface area contributed by atoms with Crippen molar-refractivity contribution in [2.75, 3.05) is 0 Å². The van der Waals surface area contributed by atoms with Crippen molar-refractivity contribution in [1.29, 1.82) is 0 Å². The predicted octanol–water partition coefficient (Wildman–Crippen LogP) is 8.54. The maximum absolute atomic E-state index is 5.40. The lowest BCUT2D eigenvalue weighted by molar-refractivity contribution is 1.56. The molecule has 1 nitrogen and oxygen atoms in total. The van der Waals surface area contributed by atoms with E-state index in [9.17, 15) is 0 Å². The van der Waals surface area contributed by atoms with Crippen LogP contribution in [0.25, 0.3) is 76.0 Å². The van der Waals surface area contributed by atoms with Crippen molar-refractivity contribution in [2.45, 2.75) is 0 Å². The largest absolute Gasteiger partial charge is 0.246 e. The molecule has 0 radical (unpaired) electrons. The quantitative estimate of drug-likeness (QED) is 0.267. The van der Waals surface area contributed by atoms with Gasteiger partial charge in [0.25, 0.3) is 0 Å². The van der Waals surface area contributed by atoms with Gasteiger partial charge in [0.1, 0.15) is 0 Å². The minimum Gasteiger partial charge on any atom is -0.246 e. The third kappa shape index (κ3) is 1.88. The Morgan fingerprint density at radius 1 is 0.375 bits per heavy atom. The summed E-state index contributed by atoms with van der Waals surface area (Å²) < 4.78 is 0. The molecular formula is C31H17N. The van der Waals surface area contributed by atoms with E-state index >= 15 is 0 Å². The van der Waals surface area contributed by atoms with Crippen LogP contribution in [-0.4, -0.2) is 4.98 Å². The number of rotatable bonds is 1. The first-order valence-electron chi connectivity index (χ1n) is 11.1. The molecule has 0 aliphatic heterocycles. The van der Waals surface area contributed by atoms with Gasteiger partial charge in [-0.1, -0.05) is 103 Å². The Balaban J connectivity index is 1.78. The molecule has 0 bridgehead atoms. The first-order chi connectivity index (χ1) is 15.9. The Hall–Kier alpha value is -4.23. The lowest BCUT2D eigenvalue weighted by atomic mass is 9.96. The smallest absolute Gasteiger partial charge is 0.0801 e. The van der Waals surface area contributed by atoms with Crippen molar-refractivity contribution in [3.63, 3.8) is 0 Å². The topological polar surface area (TPSA) is 12.9 Å². The van der Waals surface area contributed by atoms with E-state index in [1.54, 1.807) is 0 Å². The highest BCUT2D eigenvalue weighted by Gasteiger charge is 2.23. The fourth-order valence-corrected chi connectivity index (χ4v) is 5.89. The molecule has 0 N–H and O–H groups in total. The van der Waals surface area contributed by atoms with Gasteiger partial charge in [0.05, 0.1) is 11.0 Å². The van der Waals surface area contributed by atoms with Crippen molar-refractivity contribution >= 4 is 64.9 Å². The van der Waals surface area contributed by atoms with Crippen molar-refractivity contribution in [3.05, 3.63) is 103 Å². The van der Waals surface area contributed by atoms with Gasteiger partial charge in [0, 0.05) is 27.1 Å². The summed E-state index contributed by atoms with van der Waals surface area (Å²) in [7, 11) is 0. The second kappa shape index (κ2) is 5.72. The van der Waals surface area contributed by atoms with Gasteiger partial charge in [0.2, 0.25) is 0 Å². The van der Waals surface area contributed by atoms with Gasteiger partial charge in [-0.05, 0) is 37.9 Å². The summed E-state index contributed by atoms with van der Waals surface area (Å²) in [6, 6.07) is 37.3. The Kier molecular flexibility index (Phi) is 2.94. The van der Waals surface area contributed by atoms with E-state index in [-0.39, 0.29) is 0 Å². The first kappa shape index (κ1) is 16.5. The van der Waals surface area contributed by atoms with E-state index in [4.69, 9.17) is 4.98 Å². The van der Waals surface area contributed by atoms with Crippen molar-refractivity contribution in [1.82, 2.24) is 4.98 Å². The van der Waals surface area contributed by atoms with Gasteiger partial charge in [-0.3, -0.25) is 0 Å². The van der Waals surface area contributed by atoms with Gasteiger partial charge < -0.3 is 0 Å². The van der Waals surface area contributed by atoms with Crippen molar-refractivity contribution in [2.24, 2.45) is 0 Å². The van der Waals surface area contributed by atoms with Gasteiger partial charge in [-0.25, -0.2) is 4.98 Å². The number of benzene rings is 5. The normalized spacial score (nSPS) is 12.4. The third-order valence-electron chi connectivity index (χ3n) is 7.12. The summed E-state index contributed by atoms with van der Waals surface area (Å²) in [6.07, 6.45) is 0. The van der Waals surface area contributed by atoms with Gasteiger partial charge in [0.15, 0.2) is 0 Å². The molecule has 0 amide bonds. The van der Waals surface area contributed by atoms with Crippen LogP contribution in [0.5, 0.6) is 0 Å². The predicted molar refractivity (Wildman–Crippen MR) is 137 cm³/mol. The first-order valence-corrected chi connectivity index (χ1v) is 11.1. The average molecular weight is 403 g/mol. The zero-order chi connectivity index (χ0) is 20.8. The number of aromatic nitrogens is 1. The van der Waals surface area contributed by atoms with Crippen LogP contribution in [0.2, 0.25) is 0 Å². The fourth-order valence-electron chi connectivity index (χ4n) is 5.89. The summed E-state index contributed by atoms with van der Waals surface area (Å²) >= 11 is 0. The summed E-state index contributed by atoms with van der Waals surface area (Å²) in [5.74, 6) is 0. The number of pyridine rings is 1. The second-order valence-corrected chi connectivity index (χ2v) is 8.72. The minimum atomic E-state index is 1.11. The maximum Gasteiger partial charge on any atom is 0.0801 e. The molecule has 146 valence electrons. The summed E-state index contributed by atoms with van der Waals surface area (Å²) in [5, 5.41) is 12.8. The fraction of sp³-hybridized carbons (Fsp3) is 0. The molecular weight excluding hydrogens is 386 g/mol. The summed E-state index contributed by atoms with van der Waals surface area (Å²) in [5.41, 5.74) is 4.77. The van der Waals surface area contributed by atoms with Gasteiger partial charge in [-0.15, -0.1) is 0 Å². The van der Waals surface area contributed by atoms with Gasteiger partial charge in [-0.2, -0.15) is 0 Å². The highest BCUT2D eigenvalue weighted by Crippen LogP contribution is 2.49. The van der Waals surface area contributed by atoms with Crippen LogP contribution >= 0.6 is 0 Å². The number of hydrogen-bond donors (Lipinski definition) is 0. The molecule has 1 heteroatoms. The Morgan fingerprint density at radius 3 is 1.34 bits per heavy atom. The van der Waals surface area contributed by atoms with E-state index in [1.807, 2.05) is 0 Å². The Labute approximate surface area is 184 Å². The molecule has 7 aromatic carbocycles. The number of hydrogen-bond acceptors (Lipinski definition) is 1. The number of nitrogens with zero attached hydrogens (tertiary/aromatic N) is 1. The average Bonchev–Trinajstić information content (AvgIpc) is 3.35. The Bertz CT molecular complexity index is 1830. The lowest BCUT2D eigenvalue weighted by Crippen LogP contribution is -1.85. The van der Waals surface area contributed by atoms with E-state index < -0.39 is 0 Å². The molecule has 0 aliphatic carbocycles. The molecule has 1 heterocycles. The van der Waals surface area contributed by atoms with Crippen LogP contribution in [0.4, 0.5) is 0 Å². The van der Waals surface area contributed by atoms with Crippen molar-refractivity contribution < 1.29 is 0 Å². The molecule has 0 aliphatic rings. The molecule has 8 aromatic rings. The highest BCUT2D eigenvalue weighted by atomic mass is 14.7. The zero-order valence-corrected chi connectivity index (χ0v) is 17.3. The molecule has 0 spiro atoms. The van der Waals surface area contributed by atoms with Crippen LogP contribution in [0.1, 0.15) is 0 Å². The zero-order valence-electron chi connectivity index (χ0n) is 17.3. The minimum absolute atomic E-state index is 1.11. The van der Waals surface area contributed by atoms with Gasteiger partial charge >= 0.3 is 0 Å². The monoisotopic (exact) mass is 403 g/mol. The van der Waals surface area contributed by atoms with E-state index in [0.717, 1.165) is 11.0 Å². The molecule has 0 unspecified atom stereocenters.